The van der Waals surface area contributed by atoms with Crippen molar-refractivity contribution < 1.29 is 9.53 Å². The predicted molar refractivity (Wildman–Crippen MR) is 60.7 cm³/mol. The van der Waals surface area contributed by atoms with E-state index in [0.717, 1.165) is 25.9 Å². The van der Waals surface area contributed by atoms with Gasteiger partial charge in [-0.3, -0.25) is 4.79 Å². The maximum absolute atomic E-state index is 12.0. The average Bonchev–Trinajstić information content (AvgIpc) is 2.07. The lowest BCUT2D eigenvalue weighted by Crippen LogP contribution is -2.43. The average molecular weight is 213 g/mol. The SMILES string of the molecule is CN1CCC(C)(C(=O)OC(C)(C)C)CC1. The van der Waals surface area contributed by atoms with Crippen LogP contribution >= 0.6 is 0 Å². The molecule has 0 aliphatic carbocycles. The standard InChI is InChI=1S/C12H23NO2/c1-11(2,3)15-10(14)12(4)6-8-13(5)9-7-12/h6-9H2,1-5H3. The Morgan fingerprint density at radius 1 is 1.27 bits per heavy atom. The van der Waals surface area contributed by atoms with Gasteiger partial charge in [0, 0.05) is 0 Å². The molecular weight excluding hydrogens is 190 g/mol. The third kappa shape index (κ3) is 3.49. The van der Waals surface area contributed by atoms with Gasteiger partial charge in [0.15, 0.2) is 0 Å². The molecular formula is C12H23NO2. The van der Waals surface area contributed by atoms with Crippen LogP contribution in [0, 0.1) is 5.41 Å². The minimum atomic E-state index is -0.372. The predicted octanol–water partition coefficient (Wildman–Crippen LogP) is 2.06. The first-order valence-corrected chi connectivity index (χ1v) is 5.65. The van der Waals surface area contributed by atoms with Crippen molar-refractivity contribution in [2.75, 3.05) is 20.1 Å². The van der Waals surface area contributed by atoms with E-state index in [9.17, 15) is 4.79 Å². The molecule has 1 heterocycles. The molecule has 1 saturated heterocycles. The van der Waals surface area contributed by atoms with Crippen molar-refractivity contribution in [1.29, 1.82) is 0 Å². The number of hydrogen-bond donors (Lipinski definition) is 0. The molecule has 0 amide bonds. The lowest BCUT2D eigenvalue weighted by atomic mass is 9.80. The second-order valence-corrected chi connectivity index (χ2v) is 5.87. The number of carbonyl (C=O) groups excluding carboxylic acids is 1. The Bertz CT molecular complexity index is 234. The molecule has 0 aromatic carbocycles. The van der Waals surface area contributed by atoms with Crippen molar-refractivity contribution in [1.82, 2.24) is 4.90 Å². The fourth-order valence-electron chi connectivity index (χ4n) is 1.72. The second kappa shape index (κ2) is 4.12. The van der Waals surface area contributed by atoms with Gasteiger partial charge in [-0.15, -0.1) is 0 Å². The molecule has 1 rings (SSSR count). The Hall–Kier alpha value is -0.570. The molecule has 0 aromatic heterocycles. The smallest absolute Gasteiger partial charge is 0.312 e. The normalized spacial score (nSPS) is 22.5. The summed E-state index contributed by atoms with van der Waals surface area (Å²) in [7, 11) is 2.09. The minimum Gasteiger partial charge on any atom is -0.460 e. The monoisotopic (exact) mass is 213 g/mol. The number of ether oxygens (including phenoxy) is 1. The van der Waals surface area contributed by atoms with Gasteiger partial charge in [-0.25, -0.2) is 0 Å². The third-order valence-corrected chi connectivity index (χ3v) is 2.98. The topological polar surface area (TPSA) is 29.5 Å². The highest BCUT2D eigenvalue weighted by molar-refractivity contribution is 5.76. The van der Waals surface area contributed by atoms with Crippen LogP contribution in [0.2, 0.25) is 0 Å². The van der Waals surface area contributed by atoms with Crippen LogP contribution in [0.1, 0.15) is 40.5 Å². The molecule has 0 unspecified atom stereocenters. The highest BCUT2D eigenvalue weighted by Crippen LogP contribution is 2.33. The van der Waals surface area contributed by atoms with Crippen molar-refractivity contribution in [3.8, 4) is 0 Å². The van der Waals surface area contributed by atoms with Gasteiger partial charge in [0.1, 0.15) is 5.60 Å². The Morgan fingerprint density at radius 2 is 1.73 bits per heavy atom. The number of likely N-dealkylation sites (tertiary alicyclic amines) is 1. The maximum atomic E-state index is 12.0. The van der Waals surface area contributed by atoms with Crippen molar-refractivity contribution in [3.05, 3.63) is 0 Å². The first-order chi connectivity index (χ1) is 6.73. The number of hydrogen-bond acceptors (Lipinski definition) is 3. The zero-order valence-electron chi connectivity index (χ0n) is 10.6. The Labute approximate surface area is 92.8 Å². The molecule has 3 heteroatoms. The van der Waals surface area contributed by atoms with Crippen LogP contribution in [0.5, 0.6) is 0 Å². The number of rotatable bonds is 1. The molecule has 3 nitrogen and oxygen atoms in total. The molecule has 0 aromatic rings. The summed E-state index contributed by atoms with van der Waals surface area (Å²) in [5.74, 6) is -0.0388. The Balaban J connectivity index is 2.58. The zero-order valence-corrected chi connectivity index (χ0v) is 10.6. The summed E-state index contributed by atoms with van der Waals surface area (Å²) in [6, 6.07) is 0. The Kier molecular flexibility index (Phi) is 3.44. The quantitative estimate of drug-likeness (QED) is 0.624. The van der Waals surface area contributed by atoms with Gasteiger partial charge >= 0.3 is 5.97 Å². The van der Waals surface area contributed by atoms with Gasteiger partial charge < -0.3 is 9.64 Å². The third-order valence-electron chi connectivity index (χ3n) is 2.98. The molecule has 88 valence electrons. The molecule has 0 saturated carbocycles. The summed E-state index contributed by atoms with van der Waals surface area (Å²) in [4.78, 5) is 14.3. The van der Waals surface area contributed by atoms with E-state index >= 15 is 0 Å². The number of nitrogens with zero attached hydrogens (tertiary/aromatic N) is 1. The van der Waals surface area contributed by atoms with Gasteiger partial charge in [0.25, 0.3) is 0 Å². The number of piperidine rings is 1. The van der Waals surface area contributed by atoms with Crippen molar-refractivity contribution >= 4 is 5.97 Å². The molecule has 0 spiro atoms. The fourth-order valence-corrected chi connectivity index (χ4v) is 1.72. The van der Waals surface area contributed by atoms with Crippen LogP contribution in [0.15, 0.2) is 0 Å². The molecule has 0 atom stereocenters. The summed E-state index contributed by atoms with van der Waals surface area (Å²) < 4.78 is 5.46. The van der Waals surface area contributed by atoms with Crippen LogP contribution in [0.25, 0.3) is 0 Å². The fraction of sp³-hybridized carbons (Fsp3) is 0.917. The highest BCUT2D eigenvalue weighted by atomic mass is 16.6. The van der Waals surface area contributed by atoms with E-state index in [1.807, 2.05) is 27.7 Å². The summed E-state index contributed by atoms with van der Waals surface area (Å²) in [5.41, 5.74) is -0.650. The second-order valence-electron chi connectivity index (χ2n) is 5.87. The molecule has 15 heavy (non-hydrogen) atoms. The van der Waals surface area contributed by atoms with Crippen LogP contribution in [0.4, 0.5) is 0 Å². The first kappa shape index (κ1) is 12.5. The summed E-state index contributed by atoms with van der Waals surface area (Å²) >= 11 is 0. The number of esters is 1. The van der Waals surface area contributed by atoms with E-state index in [2.05, 4.69) is 11.9 Å². The first-order valence-electron chi connectivity index (χ1n) is 5.65. The van der Waals surface area contributed by atoms with E-state index < -0.39 is 0 Å². The molecule has 1 aliphatic rings. The maximum Gasteiger partial charge on any atom is 0.312 e. The summed E-state index contributed by atoms with van der Waals surface area (Å²) in [5, 5.41) is 0. The van der Waals surface area contributed by atoms with Gasteiger partial charge in [0.2, 0.25) is 0 Å². The zero-order chi connectivity index (χ0) is 11.7. The molecule has 0 bridgehead atoms. The van der Waals surface area contributed by atoms with Gasteiger partial charge in [-0.2, -0.15) is 0 Å². The van der Waals surface area contributed by atoms with Crippen molar-refractivity contribution in [2.45, 2.75) is 46.1 Å². The van der Waals surface area contributed by atoms with E-state index in [4.69, 9.17) is 4.74 Å². The molecule has 0 N–H and O–H groups in total. The van der Waals surface area contributed by atoms with Crippen LogP contribution in [0.3, 0.4) is 0 Å². The minimum absolute atomic E-state index is 0.0388. The largest absolute Gasteiger partial charge is 0.460 e. The van der Waals surface area contributed by atoms with E-state index in [0.29, 0.717) is 0 Å². The lowest BCUT2D eigenvalue weighted by molar-refractivity contribution is -0.169. The van der Waals surface area contributed by atoms with Crippen LogP contribution < -0.4 is 0 Å². The van der Waals surface area contributed by atoms with Crippen LogP contribution in [-0.2, 0) is 9.53 Å². The molecule has 1 aliphatic heterocycles. The summed E-state index contributed by atoms with van der Waals surface area (Å²) in [6.07, 6.45) is 1.80. The van der Waals surface area contributed by atoms with E-state index in [1.54, 1.807) is 0 Å². The van der Waals surface area contributed by atoms with Crippen molar-refractivity contribution in [3.63, 3.8) is 0 Å². The Morgan fingerprint density at radius 3 is 2.13 bits per heavy atom. The van der Waals surface area contributed by atoms with Crippen LogP contribution in [-0.4, -0.2) is 36.6 Å². The lowest BCUT2D eigenvalue weighted by Gasteiger charge is -2.37. The molecule has 1 fully saturated rings. The number of carbonyl (C=O) groups is 1. The summed E-state index contributed by atoms with van der Waals surface area (Å²) in [6.45, 7) is 9.75. The molecule has 0 radical (unpaired) electrons. The van der Waals surface area contributed by atoms with Crippen molar-refractivity contribution in [2.24, 2.45) is 5.41 Å². The van der Waals surface area contributed by atoms with Gasteiger partial charge in [-0.1, -0.05) is 0 Å². The van der Waals surface area contributed by atoms with E-state index in [1.165, 1.54) is 0 Å². The highest BCUT2D eigenvalue weighted by Gasteiger charge is 2.39. The van der Waals surface area contributed by atoms with Gasteiger partial charge in [-0.05, 0) is 60.7 Å². The van der Waals surface area contributed by atoms with E-state index in [-0.39, 0.29) is 17.0 Å². The van der Waals surface area contributed by atoms with Gasteiger partial charge in [0.05, 0.1) is 5.41 Å².